The molecule has 1 aliphatic heterocycles. The van der Waals surface area contributed by atoms with Gasteiger partial charge in [-0.05, 0) is 66.9 Å². The smallest absolute Gasteiger partial charge is 0.261 e. The van der Waals surface area contributed by atoms with E-state index in [4.69, 9.17) is 4.74 Å². The first kappa shape index (κ1) is 23.3. The van der Waals surface area contributed by atoms with E-state index in [1.165, 1.54) is 17.0 Å². The Morgan fingerprint density at radius 2 is 1.70 bits per heavy atom. The van der Waals surface area contributed by atoms with Gasteiger partial charge in [0.15, 0.2) is 0 Å². The molecule has 0 unspecified atom stereocenters. The molecule has 0 bridgehead atoms. The average molecular weight is 486 g/mol. The van der Waals surface area contributed by atoms with Crippen LogP contribution in [0.25, 0.3) is 0 Å². The van der Waals surface area contributed by atoms with Crippen LogP contribution in [0.15, 0.2) is 70.9 Å². The van der Waals surface area contributed by atoms with Gasteiger partial charge in [0.2, 0.25) is 0 Å². The standard InChI is InChI=1S/C24H27N3O4S2/c1-2-31-21-9-11-23(12-10-21)33(29,30)25-20-7-5-19(6-8-20)24(28)27-15-13-26(14-16-27)18-22-4-3-17-32-22/h3-12,17,25H,2,13-16,18H2,1H3. The molecule has 1 amide bonds. The minimum atomic E-state index is -3.73. The molecule has 2 heterocycles. The van der Waals surface area contributed by atoms with E-state index in [2.05, 4.69) is 27.1 Å². The number of carbonyl (C=O) groups excluding carboxylic acids is 1. The lowest BCUT2D eigenvalue weighted by Crippen LogP contribution is -2.48. The van der Waals surface area contributed by atoms with Crippen LogP contribution >= 0.6 is 11.3 Å². The molecule has 174 valence electrons. The maximum Gasteiger partial charge on any atom is 0.261 e. The summed E-state index contributed by atoms with van der Waals surface area (Å²) >= 11 is 1.75. The van der Waals surface area contributed by atoms with Gasteiger partial charge in [-0.25, -0.2) is 8.42 Å². The molecule has 0 spiro atoms. The number of rotatable bonds is 8. The van der Waals surface area contributed by atoms with Crippen molar-refractivity contribution >= 4 is 33.0 Å². The molecule has 1 aliphatic rings. The lowest BCUT2D eigenvalue weighted by atomic mass is 10.1. The molecule has 1 fully saturated rings. The zero-order chi connectivity index (χ0) is 23.3. The summed E-state index contributed by atoms with van der Waals surface area (Å²) in [5, 5.41) is 2.08. The number of carbonyl (C=O) groups is 1. The van der Waals surface area contributed by atoms with Crippen LogP contribution in [-0.4, -0.2) is 56.9 Å². The Kier molecular flexibility index (Phi) is 7.32. The summed E-state index contributed by atoms with van der Waals surface area (Å²) in [5.41, 5.74) is 0.951. The van der Waals surface area contributed by atoms with E-state index in [1.54, 1.807) is 47.7 Å². The number of piperazine rings is 1. The second kappa shape index (κ2) is 10.4. The van der Waals surface area contributed by atoms with E-state index in [0.717, 1.165) is 19.6 Å². The highest BCUT2D eigenvalue weighted by molar-refractivity contribution is 7.92. The minimum Gasteiger partial charge on any atom is -0.494 e. The Labute approximate surface area is 198 Å². The average Bonchev–Trinajstić information content (AvgIpc) is 3.33. The molecule has 7 nitrogen and oxygen atoms in total. The van der Waals surface area contributed by atoms with E-state index >= 15 is 0 Å². The molecular formula is C24H27N3O4S2. The highest BCUT2D eigenvalue weighted by Gasteiger charge is 2.22. The number of thiophene rings is 1. The zero-order valence-electron chi connectivity index (χ0n) is 18.4. The van der Waals surface area contributed by atoms with E-state index in [9.17, 15) is 13.2 Å². The SMILES string of the molecule is CCOc1ccc(S(=O)(=O)Nc2ccc(C(=O)N3CCN(Cc4cccs4)CC3)cc2)cc1. The van der Waals surface area contributed by atoms with Gasteiger partial charge in [-0.1, -0.05) is 6.07 Å². The fraction of sp³-hybridized carbons (Fsp3) is 0.292. The molecular weight excluding hydrogens is 458 g/mol. The number of benzene rings is 2. The molecule has 4 rings (SSSR count). The van der Waals surface area contributed by atoms with Gasteiger partial charge in [-0.15, -0.1) is 11.3 Å². The van der Waals surface area contributed by atoms with Crippen LogP contribution in [0.2, 0.25) is 0 Å². The lowest BCUT2D eigenvalue weighted by molar-refractivity contribution is 0.0629. The number of sulfonamides is 1. The fourth-order valence-electron chi connectivity index (χ4n) is 3.69. The van der Waals surface area contributed by atoms with Gasteiger partial charge in [-0.2, -0.15) is 0 Å². The van der Waals surface area contributed by atoms with Crippen molar-refractivity contribution in [3.05, 3.63) is 76.5 Å². The van der Waals surface area contributed by atoms with Crippen LogP contribution < -0.4 is 9.46 Å². The van der Waals surface area contributed by atoms with Gasteiger partial charge < -0.3 is 9.64 Å². The van der Waals surface area contributed by atoms with Crippen molar-refractivity contribution in [3.63, 3.8) is 0 Å². The van der Waals surface area contributed by atoms with Gasteiger partial charge in [0.05, 0.1) is 11.5 Å². The van der Waals surface area contributed by atoms with Crippen LogP contribution in [0.4, 0.5) is 5.69 Å². The second-order valence-electron chi connectivity index (χ2n) is 7.73. The monoisotopic (exact) mass is 485 g/mol. The molecule has 3 aromatic rings. The van der Waals surface area contributed by atoms with Gasteiger partial charge in [0.25, 0.3) is 15.9 Å². The van der Waals surface area contributed by atoms with Crippen LogP contribution in [0.1, 0.15) is 22.2 Å². The molecule has 0 saturated carbocycles. The van der Waals surface area contributed by atoms with Crippen LogP contribution in [-0.2, 0) is 16.6 Å². The summed E-state index contributed by atoms with van der Waals surface area (Å²) in [6.45, 7) is 6.33. The summed E-state index contributed by atoms with van der Waals surface area (Å²) in [7, 11) is -3.73. The number of hydrogen-bond acceptors (Lipinski definition) is 6. The van der Waals surface area contributed by atoms with Crippen molar-refractivity contribution < 1.29 is 17.9 Å². The number of hydrogen-bond donors (Lipinski definition) is 1. The van der Waals surface area contributed by atoms with E-state index in [1.807, 2.05) is 11.8 Å². The predicted molar refractivity (Wildman–Crippen MR) is 130 cm³/mol. The number of anilines is 1. The van der Waals surface area contributed by atoms with Crippen molar-refractivity contribution in [2.24, 2.45) is 0 Å². The quantitative estimate of drug-likeness (QED) is 0.524. The summed E-state index contributed by atoms with van der Waals surface area (Å²) in [6.07, 6.45) is 0. The molecule has 0 aliphatic carbocycles. The number of ether oxygens (including phenoxy) is 1. The van der Waals surface area contributed by atoms with Crippen LogP contribution in [0.5, 0.6) is 5.75 Å². The normalized spacial score (nSPS) is 14.8. The predicted octanol–water partition coefficient (Wildman–Crippen LogP) is 3.91. The molecule has 1 aromatic heterocycles. The van der Waals surface area contributed by atoms with E-state index in [0.29, 0.717) is 36.7 Å². The van der Waals surface area contributed by atoms with E-state index < -0.39 is 10.0 Å². The largest absolute Gasteiger partial charge is 0.494 e. The Morgan fingerprint density at radius 1 is 1.00 bits per heavy atom. The van der Waals surface area contributed by atoms with E-state index in [-0.39, 0.29) is 10.8 Å². The maximum absolute atomic E-state index is 12.9. The molecule has 1 saturated heterocycles. The molecule has 2 aromatic carbocycles. The first-order valence-corrected chi connectivity index (χ1v) is 13.2. The Bertz CT molecular complexity index is 1150. The van der Waals surface area contributed by atoms with Gasteiger partial charge in [-0.3, -0.25) is 14.4 Å². The topological polar surface area (TPSA) is 78.9 Å². The first-order valence-electron chi connectivity index (χ1n) is 10.8. The Hall–Kier alpha value is -2.88. The van der Waals surface area contributed by atoms with Crippen LogP contribution in [0, 0.1) is 0 Å². The second-order valence-corrected chi connectivity index (χ2v) is 10.4. The van der Waals surface area contributed by atoms with Crippen LogP contribution in [0.3, 0.4) is 0 Å². The third-order valence-electron chi connectivity index (χ3n) is 5.45. The number of amides is 1. The summed E-state index contributed by atoms with van der Waals surface area (Å²) in [5.74, 6) is 0.582. The number of nitrogens with zero attached hydrogens (tertiary/aromatic N) is 2. The molecule has 33 heavy (non-hydrogen) atoms. The van der Waals surface area contributed by atoms with Crippen molar-refractivity contribution in [1.29, 1.82) is 0 Å². The Morgan fingerprint density at radius 3 is 2.30 bits per heavy atom. The van der Waals surface area contributed by atoms with Gasteiger partial charge in [0, 0.05) is 48.9 Å². The first-order chi connectivity index (χ1) is 15.9. The zero-order valence-corrected chi connectivity index (χ0v) is 20.1. The van der Waals surface area contributed by atoms with Gasteiger partial charge in [0.1, 0.15) is 5.75 Å². The summed E-state index contributed by atoms with van der Waals surface area (Å²) in [6, 6.07) is 17.0. The van der Waals surface area contributed by atoms with Crippen molar-refractivity contribution in [1.82, 2.24) is 9.80 Å². The maximum atomic E-state index is 12.9. The Balaban J connectivity index is 1.33. The molecule has 0 atom stereocenters. The number of nitrogens with one attached hydrogen (secondary N) is 1. The lowest BCUT2D eigenvalue weighted by Gasteiger charge is -2.34. The third-order valence-corrected chi connectivity index (χ3v) is 7.71. The third kappa shape index (κ3) is 5.93. The molecule has 1 N–H and O–H groups in total. The van der Waals surface area contributed by atoms with Crippen molar-refractivity contribution in [2.45, 2.75) is 18.4 Å². The molecule has 9 heteroatoms. The fourth-order valence-corrected chi connectivity index (χ4v) is 5.50. The summed E-state index contributed by atoms with van der Waals surface area (Å²) < 4.78 is 33.2. The van der Waals surface area contributed by atoms with Gasteiger partial charge >= 0.3 is 0 Å². The highest BCUT2D eigenvalue weighted by atomic mass is 32.2. The van der Waals surface area contributed by atoms with Crippen molar-refractivity contribution in [2.75, 3.05) is 37.5 Å². The molecule has 0 radical (unpaired) electrons. The highest BCUT2D eigenvalue weighted by Crippen LogP contribution is 2.21. The minimum absolute atomic E-state index is 0.0355. The van der Waals surface area contributed by atoms with Crippen molar-refractivity contribution in [3.8, 4) is 5.75 Å². The summed E-state index contributed by atoms with van der Waals surface area (Å²) in [4.78, 5) is 18.6.